The number of aromatic amines is 1. The average molecular weight is 178 g/mol. The molecule has 0 amide bonds. The molecule has 0 atom stereocenters. The number of likely N-dealkylation sites (N-methyl/N-ethyl adjacent to an activating group) is 1. The Morgan fingerprint density at radius 3 is 3.15 bits per heavy atom. The van der Waals surface area contributed by atoms with Crippen LogP contribution < -0.4 is 0 Å². The Labute approximate surface area is 77.7 Å². The first kappa shape index (κ1) is 8.38. The Balaban J connectivity index is 2.45. The summed E-state index contributed by atoms with van der Waals surface area (Å²) in [6.45, 7) is 5.08. The Hall–Kier alpha value is -1.22. The molecule has 1 aliphatic heterocycles. The first-order valence-electron chi connectivity index (χ1n) is 4.44. The molecule has 0 bridgehead atoms. The number of H-pyrrole nitrogens is 1. The van der Waals surface area contributed by atoms with Crippen molar-refractivity contribution >= 4 is 5.70 Å². The van der Waals surface area contributed by atoms with Crippen molar-refractivity contribution in [2.75, 3.05) is 13.6 Å². The van der Waals surface area contributed by atoms with Crippen LogP contribution in [0.5, 0.6) is 0 Å². The molecule has 3 heteroatoms. The quantitative estimate of drug-likeness (QED) is 0.672. The molecule has 0 aliphatic carbocycles. The maximum Gasteiger partial charge on any atom is 0.0833 e. The van der Waals surface area contributed by atoms with Crippen molar-refractivity contribution in [1.29, 1.82) is 0 Å². The lowest BCUT2D eigenvalue weighted by Gasteiger charge is -2.27. The number of aliphatic hydroxyl groups is 1. The highest BCUT2D eigenvalue weighted by Gasteiger charge is 2.20. The summed E-state index contributed by atoms with van der Waals surface area (Å²) in [5.41, 5.74) is 4.35. The third-order valence-corrected chi connectivity index (χ3v) is 2.71. The molecule has 3 nitrogen and oxygen atoms in total. The number of nitrogens with one attached hydrogen (secondary N) is 1. The molecule has 1 aliphatic rings. The van der Waals surface area contributed by atoms with Crippen LogP contribution in [0.2, 0.25) is 0 Å². The van der Waals surface area contributed by atoms with E-state index in [0.717, 1.165) is 29.9 Å². The van der Waals surface area contributed by atoms with Gasteiger partial charge in [-0.05, 0) is 12.0 Å². The fraction of sp³-hybridized carbons (Fsp3) is 0.400. The van der Waals surface area contributed by atoms with Gasteiger partial charge in [0.15, 0.2) is 0 Å². The average Bonchev–Trinajstić information content (AvgIpc) is 2.55. The van der Waals surface area contributed by atoms with Gasteiger partial charge in [-0.25, -0.2) is 0 Å². The standard InChI is InChI=1S/C10H14N2O/c1-7-9-5-11-10(6-13)8(9)3-4-12(7)2/h5,11,13H,1,3-4,6H2,2H3. The molecule has 13 heavy (non-hydrogen) atoms. The van der Waals surface area contributed by atoms with Crippen molar-refractivity contribution in [2.45, 2.75) is 13.0 Å². The van der Waals surface area contributed by atoms with E-state index in [4.69, 9.17) is 5.11 Å². The maximum atomic E-state index is 9.06. The van der Waals surface area contributed by atoms with Gasteiger partial charge in [0, 0.05) is 36.7 Å². The molecule has 0 unspecified atom stereocenters. The highest BCUT2D eigenvalue weighted by molar-refractivity contribution is 5.67. The lowest BCUT2D eigenvalue weighted by Crippen LogP contribution is -2.24. The minimum absolute atomic E-state index is 0.0896. The van der Waals surface area contributed by atoms with Crippen LogP contribution in [0.1, 0.15) is 16.8 Å². The van der Waals surface area contributed by atoms with E-state index in [-0.39, 0.29) is 6.61 Å². The van der Waals surface area contributed by atoms with Gasteiger partial charge in [-0.2, -0.15) is 0 Å². The molecule has 0 saturated heterocycles. The van der Waals surface area contributed by atoms with Crippen molar-refractivity contribution in [2.24, 2.45) is 0 Å². The number of aromatic nitrogens is 1. The van der Waals surface area contributed by atoms with E-state index in [1.165, 1.54) is 5.56 Å². The van der Waals surface area contributed by atoms with Gasteiger partial charge in [0.25, 0.3) is 0 Å². The van der Waals surface area contributed by atoms with Crippen molar-refractivity contribution in [3.8, 4) is 0 Å². The van der Waals surface area contributed by atoms with Gasteiger partial charge in [-0.1, -0.05) is 6.58 Å². The third kappa shape index (κ3) is 1.16. The lowest BCUT2D eigenvalue weighted by atomic mass is 10.0. The minimum Gasteiger partial charge on any atom is -0.390 e. The topological polar surface area (TPSA) is 39.3 Å². The molecule has 0 fully saturated rings. The summed E-state index contributed by atoms with van der Waals surface area (Å²) in [7, 11) is 2.04. The monoisotopic (exact) mass is 178 g/mol. The van der Waals surface area contributed by atoms with E-state index in [1.807, 2.05) is 13.2 Å². The molecule has 2 heterocycles. The molecule has 0 spiro atoms. The van der Waals surface area contributed by atoms with Crippen LogP contribution in [-0.2, 0) is 13.0 Å². The van der Waals surface area contributed by atoms with Crippen LogP contribution in [0.3, 0.4) is 0 Å². The van der Waals surface area contributed by atoms with Crippen LogP contribution in [0.4, 0.5) is 0 Å². The predicted octanol–water partition coefficient (Wildman–Crippen LogP) is 0.966. The fourth-order valence-corrected chi connectivity index (χ4v) is 1.80. The number of rotatable bonds is 1. The zero-order valence-electron chi connectivity index (χ0n) is 7.80. The van der Waals surface area contributed by atoms with E-state index >= 15 is 0 Å². The largest absolute Gasteiger partial charge is 0.390 e. The molecular weight excluding hydrogens is 164 g/mol. The minimum atomic E-state index is 0.0896. The predicted molar refractivity (Wildman–Crippen MR) is 52.1 cm³/mol. The summed E-state index contributed by atoms with van der Waals surface area (Å²) < 4.78 is 0. The summed E-state index contributed by atoms with van der Waals surface area (Å²) in [6, 6.07) is 0. The third-order valence-electron chi connectivity index (χ3n) is 2.71. The zero-order valence-corrected chi connectivity index (χ0v) is 7.80. The van der Waals surface area contributed by atoms with Gasteiger partial charge >= 0.3 is 0 Å². The van der Waals surface area contributed by atoms with Crippen LogP contribution in [0.15, 0.2) is 12.8 Å². The molecule has 2 rings (SSSR count). The SMILES string of the molecule is C=C1c2c[nH]c(CO)c2CCN1C. The number of fused-ring (bicyclic) bond motifs is 1. The second-order valence-electron chi connectivity index (χ2n) is 3.44. The summed E-state index contributed by atoms with van der Waals surface area (Å²) in [4.78, 5) is 5.22. The van der Waals surface area contributed by atoms with Gasteiger partial charge < -0.3 is 15.0 Å². The molecule has 0 aromatic carbocycles. The first-order valence-corrected chi connectivity index (χ1v) is 4.44. The molecule has 0 radical (unpaired) electrons. The molecule has 70 valence electrons. The maximum absolute atomic E-state index is 9.06. The summed E-state index contributed by atoms with van der Waals surface area (Å²) in [6.07, 6.45) is 2.92. The molecule has 2 N–H and O–H groups in total. The van der Waals surface area contributed by atoms with Crippen molar-refractivity contribution in [1.82, 2.24) is 9.88 Å². The number of hydrogen-bond acceptors (Lipinski definition) is 2. The Kier molecular flexibility index (Phi) is 1.88. The molecule has 1 aromatic heterocycles. The highest BCUT2D eigenvalue weighted by atomic mass is 16.3. The van der Waals surface area contributed by atoms with Crippen LogP contribution in [-0.4, -0.2) is 28.6 Å². The van der Waals surface area contributed by atoms with Gasteiger partial charge in [0.05, 0.1) is 6.61 Å². The van der Waals surface area contributed by atoms with E-state index in [0.29, 0.717) is 0 Å². The Morgan fingerprint density at radius 1 is 1.69 bits per heavy atom. The molecule has 0 saturated carbocycles. The van der Waals surface area contributed by atoms with Crippen molar-refractivity contribution < 1.29 is 5.11 Å². The van der Waals surface area contributed by atoms with Crippen LogP contribution in [0, 0.1) is 0 Å². The van der Waals surface area contributed by atoms with E-state index < -0.39 is 0 Å². The fourth-order valence-electron chi connectivity index (χ4n) is 1.80. The summed E-state index contributed by atoms with van der Waals surface area (Å²) in [5, 5.41) is 9.06. The van der Waals surface area contributed by atoms with Crippen molar-refractivity contribution in [3.05, 3.63) is 29.6 Å². The van der Waals surface area contributed by atoms with Gasteiger partial charge in [0.2, 0.25) is 0 Å². The second-order valence-corrected chi connectivity index (χ2v) is 3.44. The van der Waals surface area contributed by atoms with Gasteiger partial charge in [-0.15, -0.1) is 0 Å². The second kappa shape index (κ2) is 2.92. The van der Waals surface area contributed by atoms with Gasteiger partial charge in [-0.3, -0.25) is 0 Å². The van der Waals surface area contributed by atoms with E-state index in [9.17, 15) is 0 Å². The molecular formula is C10H14N2O. The number of nitrogens with zero attached hydrogens (tertiary/aromatic N) is 1. The van der Waals surface area contributed by atoms with Crippen molar-refractivity contribution in [3.63, 3.8) is 0 Å². The van der Waals surface area contributed by atoms with E-state index in [2.05, 4.69) is 16.5 Å². The van der Waals surface area contributed by atoms with Gasteiger partial charge in [0.1, 0.15) is 0 Å². The smallest absolute Gasteiger partial charge is 0.0833 e. The first-order chi connectivity index (χ1) is 6.24. The molecule has 1 aromatic rings. The Morgan fingerprint density at radius 2 is 2.46 bits per heavy atom. The van der Waals surface area contributed by atoms with Crippen LogP contribution in [0.25, 0.3) is 5.70 Å². The summed E-state index contributed by atoms with van der Waals surface area (Å²) >= 11 is 0. The zero-order chi connectivity index (χ0) is 9.42. The van der Waals surface area contributed by atoms with E-state index in [1.54, 1.807) is 0 Å². The lowest BCUT2D eigenvalue weighted by molar-refractivity contribution is 0.275. The normalized spacial score (nSPS) is 16.2. The number of hydrogen-bond donors (Lipinski definition) is 2. The summed E-state index contributed by atoms with van der Waals surface area (Å²) in [5.74, 6) is 0. The number of aliphatic hydroxyl groups excluding tert-OH is 1. The van der Waals surface area contributed by atoms with Crippen LogP contribution >= 0.6 is 0 Å². The Bertz CT molecular complexity index is 341. The highest BCUT2D eigenvalue weighted by Crippen LogP contribution is 2.28.